The van der Waals surface area contributed by atoms with E-state index >= 15 is 0 Å². The van der Waals surface area contributed by atoms with Gasteiger partial charge < -0.3 is 34.9 Å². The number of nitrogens with one attached hydrogen (secondary N) is 1. The molecule has 5 rings (SSSR count). The summed E-state index contributed by atoms with van der Waals surface area (Å²) < 4.78 is 11.5. The lowest BCUT2D eigenvalue weighted by atomic mass is 9.81. The smallest absolute Gasteiger partial charge is 0.161 e. The Morgan fingerprint density at radius 1 is 0.844 bits per heavy atom. The Kier molecular flexibility index (Phi) is 10.7. The SMILES string of the molecule is COc1cc(CC(C(=O)CC(O)C(Cc2cc[nH]c2)Cc2ccc(O)c(OC3CCCCC3)c2)c2cccc(O)c2)ccc1O. The molecule has 8 nitrogen and oxygen atoms in total. The average Bonchev–Trinajstić information content (AvgIpc) is 3.55. The fourth-order valence-electron chi connectivity index (χ4n) is 6.34. The van der Waals surface area contributed by atoms with Crippen LogP contribution in [0.4, 0.5) is 0 Å². The molecule has 8 heteroatoms. The molecule has 3 atom stereocenters. The molecule has 238 valence electrons. The molecule has 1 saturated carbocycles. The third-order valence-electron chi connectivity index (χ3n) is 8.83. The monoisotopic (exact) mass is 613 g/mol. The summed E-state index contributed by atoms with van der Waals surface area (Å²) in [6.07, 6.45) is 9.48. The standard InChI is InChI=1S/C37H43NO7/c1-44-36-19-25(11-12-32(36)40)18-31(27-6-5-7-29(39)21-27)35(43)22-34(42)28(17-26-14-15-38-23-26)16-24-10-13-33(41)37(20-24)45-30-8-3-2-4-9-30/h5-7,10-15,19-21,23,28,30-31,34,38-42H,2-4,8-9,16-18,22H2,1H3. The highest BCUT2D eigenvalue weighted by molar-refractivity contribution is 5.86. The fourth-order valence-corrected chi connectivity index (χ4v) is 6.34. The number of benzene rings is 3. The number of aliphatic hydroxyl groups excluding tert-OH is 1. The normalized spacial score (nSPS) is 15.7. The van der Waals surface area contributed by atoms with E-state index in [0.717, 1.165) is 42.4 Å². The van der Waals surface area contributed by atoms with Gasteiger partial charge in [0.05, 0.1) is 19.3 Å². The fraction of sp³-hybridized carbons (Fsp3) is 0.378. The molecule has 45 heavy (non-hydrogen) atoms. The molecule has 1 aliphatic rings. The molecule has 3 unspecified atom stereocenters. The summed E-state index contributed by atoms with van der Waals surface area (Å²) in [4.78, 5) is 17.1. The summed E-state index contributed by atoms with van der Waals surface area (Å²) in [5.41, 5.74) is 3.35. The number of hydrogen-bond donors (Lipinski definition) is 5. The highest BCUT2D eigenvalue weighted by atomic mass is 16.5. The van der Waals surface area contributed by atoms with Crippen molar-refractivity contribution in [3.05, 3.63) is 101 Å². The van der Waals surface area contributed by atoms with Crippen LogP contribution < -0.4 is 9.47 Å². The maximum Gasteiger partial charge on any atom is 0.161 e. The molecule has 0 radical (unpaired) electrons. The van der Waals surface area contributed by atoms with E-state index in [9.17, 15) is 25.2 Å². The minimum Gasteiger partial charge on any atom is -0.508 e. The van der Waals surface area contributed by atoms with Crippen LogP contribution in [0.2, 0.25) is 0 Å². The Morgan fingerprint density at radius 2 is 1.53 bits per heavy atom. The van der Waals surface area contributed by atoms with Crippen LogP contribution >= 0.6 is 0 Å². The van der Waals surface area contributed by atoms with Gasteiger partial charge in [-0.05, 0) is 116 Å². The number of ketones is 1. The van der Waals surface area contributed by atoms with Crippen molar-refractivity contribution in [3.63, 3.8) is 0 Å². The quantitative estimate of drug-likeness (QED) is 0.108. The summed E-state index contributed by atoms with van der Waals surface area (Å²) in [5, 5.41) is 42.5. The first-order chi connectivity index (χ1) is 21.8. The first-order valence-corrected chi connectivity index (χ1v) is 15.7. The van der Waals surface area contributed by atoms with Crippen LogP contribution in [-0.2, 0) is 24.1 Å². The van der Waals surface area contributed by atoms with Gasteiger partial charge in [-0.15, -0.1) is 0 Å². The molecule has 0 bridgehead atoms. The van der Waals surface area contributed by atoms with E-state index in [0.29, 0.717) is 36.3 Å². The van der Waals surface area contributed by atoms with Crippen LogP contribution in [0, 0.1) is 5.92 Å². The van der Waals surface area contributed by atoms with Gasteiger partial charge in [0.25, 0.3) is 0 Å². The first kappa shape index (κ1) is 32.0. The van der Waals surface area contributed by atoms with Gasteiger partial charge in [-0.1, -0.05) is 30.7 Å². The number of phenolic OH excluding ortho intramolecular Hbond substituents is 3. The Hall–Kier alpha value is -4.43. The Labute approximate surface area is 264 Å². The third kappa shape index (κ3) is 8.60. The maximum atomic E-state index is 14.0. The third-order valence-corrected chi connectivity index (χ3v) is 8.83. The largest absolute Gasteiger partial charge is 0.508 e. The molecule has 1 heterocycles. The van der Waals surface area contributed by atoms with Crippen molar-refractivity contribution in [1.29, 1.82) is 0 Å². The topological polar surface area (TPSA) is 132 Å². The zero-order valence-corrected chi connectivity index (χ0v) is 25.7. The van der Waals surface area contributed by atoms with Crippen LogP contribution in [0.15, 0.2) is 79.1 Å². The second-order valence-electron chi connectivity index (χ2n) is 12.2. The van der Waals surface area contributed by atoms with Crippen molar-refractivity contribution in [3.8, 4) is 28.7 Å². The predicted molar refractivity (Wildman–Crippen MR) is 172 cm³/mol. The number of aromatic hydroxyl groups is 3. The molecule has 0 amide bonds. The molecule has 3 aromatic carbocycles. The van der Waals surface area contributed by atoms with Crippen LogP contribution in [0.5, 0.6) is 28.7 Å². The number of hydrogen-bond acceptors (Lipinski definition) is 7. The molecule has 1 fully saturated rings. The van der Waals surface area contributed by atoms with Gasteiger partial charge >= 0.3 is 0 Å². The molecule has 0 aliphatic heterocycles. The van der Waals surface area contributed by atoms with Gasteiger partial charge in [0.2, 0.25) is 0 Å². The number of phenols is 3. The molecular weight excluding hydrogens is 570 g/mol. The number of aromatic amines is 1. The molecular formula is C37H43NO7. The van der Waals surface area contributed by atoms with E-state index in [-0.39, 0.29) is 41.5 Å². The van der Waals surface area contributed by atoms with Crippen LogP contribution in [0.25, 0.3) is 0 Å². The number of ether oxygens (including phenoxy) is 2. The van der Waals surface area contributed by atoms with Crippen LogP contribution in [0.1, 0.15) is 66.7 Å². The van der Waals surface area contributed by atoms with E-state index in [2.05, 4.69) is 4.98 Å². The summed E-state index contributed by atoms with van der Waals surface area (Å²) in [6.45, 7) is 0. The first-order valence-electron chi connectivity index (χ1n) is 15.7. The van der Waals surface area contributed by atoms with Gasteiger partial charge in [0.1, 0.15) is 11.5 Å². The van der Waals surface area contributed by atoms with Crippen molar-refractivity contribution in [2.75, 3.05) is 7.11 Å². The number of H-pyrrole nitrogens is 1. The second-order valence-corrected chi connectivity index (χ2v) is 12.2. The summed E-state index contributed by atoms with van der Waals surface area (Å²) in [7, 11) is 1.47. The molecule has 0 saturated heterocycles. The van der Waals surface area contributed by atoms with Gasteiger partial charge in [-0.3, -0.25) is 4.79 Å². The van der Waals surface area contributed by atoms with Crippen molar-refractivity contribution in [2.45, 2.75) is 75.9 Å². The zero-order chi connectivity index (χ0) is 31.8. The molecule has 0 spiro atoms. The van der Waals surface area contributed by atoms with E-state index < -0.39 is 12.0 Å². The minimum atomic E-state index is -0.960. The number of Topliss-reactive ketones (excluding diaryl/α,β-unsaturated/α-hetero) is 1. The van der Waals surface area contributed by atoms with Crippen molar-refractivity contribution in [1.82, 2.24) is 4.98 Å². The number of rotatable bonds is 14. The Bertz CT molecular complexity index is 1540. The van der Waals surface area contributed by atoms with E-state index in [1.54, 1.807) is 42.5 Å². The highest BCUT2D eigenvalue weighted by Crippen LogP contribution is 2.34. The van der Waals surface area contributed by atoms with E-state index in [4.69, 9.17) is 9.47 Å². The van der Waals surface area contributed by atoms with Gasteiger partial charge in [0.15, 0.2) is 23.0 Å². The Morgan fingerprint density at radius 3 is 2.22 bits per heavy atom. The van der Waals surface area contributed by atoms with Crippen LogP contribution in [-0.4, -0.2) is 50.5 Å². The highest BCUT2D eigenvalue weighted by Gasteiger charge is 2.29. The summed E-state index contributed by atoms with van der Waals surface area (Å²) in [6, 6.07) is 18.9. The number of aliphatic hydroxyl groups is 1. The molecule has 1 aliphatic carbocycles. The molecule has 4 aromatic rings. The van der Waals surface area contributed by atoms with Crippen molar-refractivity contribution < 1.29 is 34.7 Å². The Balaban J connectivity index is 1.37. The second kappa shape index (κ2) is 15.0. The number of carbonyl (C=O) groups excluding carboxylic acids is 1. The summed E-state index contributed by atoms with van der Waals surface area (Å²) >= 11 is 0. The molecule has 5 N–H and O–H groups in total. The van der Waals surface area contributed by atoms with E-state index in [1.807, 2.05) is 30.6 Å². The lowest BCUT2D eigenvalue weighted by Gasteiger charge is -2.26. The van der Waals surface area contributed by atoms with Crippen molar-refractivity contribution >= 4 is 5.78 Å². The number of methoxy groups -OCH3 is 1. The maximum absolute atomic E-state index is 14.0. The lowest BCUT2D eigenvalue weighted by molar-refractivity contribution is -0.123. The zero-order valence-electron chi connectivity index (χ0n) is 25.7. The van der Waals surface area contributed by atoms with E-state index in [1.165, 1.54) is 19.6 Å². The average molecular weight is 614 g/mol. The number of aromatic nitrogens is 1. The number of carbonyl (C=O) groups is 1. The minimum absolute atomic E-state index is 0.00559. The predicted octanol–water partition coefficient (Wildman–Crippen LogP) is 6.60. The van der Waals surface area contributed by atoms with Crippen molar-refractivity contribution in [2.24, 2.45) is 5.92 Å². The summed E-state index contributed by atoms with van der Waals surface area (Å²) in [5.74, 6) is -0.175. The lowest BCUT2D eigenvalue weighted by Crippen LogP contribution is -2.30. The molecule has 1 aromatic heterocycles. The van der Waals surface area contributed by atoms with Gasteiger partial charge in [0, 0.05) is 24.7 Å². The van der Waals surface area contributed by atoms with Gasteiger partial charge in [-0.25, -0.2) is 0 Å². The van der Waals surface area contributed by atoms with Gasteiger partial charge in [-0.2, -0.15) is 0 Å². The van der Waals surface area contributed by atoms with Crippen LogP contribution in [0.3, 0.4) is 0 Å².